The summed E-state index contributed by atoms with van der Waals surface area (Å²) in [6.45, 7) is 0.501. The summed E-state index contributed by atoms with van der Waals surface area (Å²) in [6.07, 6.45) is 3.43. The van der Waals surface area contributed by atoms with Gasteiger partial charge in [-0.2, -0.15) is 11.3 Å². The van der Waals surface area contributed by atoms with Crippen molar-refractivity contribution < 1.29 is 4.74 Å². The number of rotatable bonds is 4. The van der Waals surface area contributed by atoms with Crippen molar-refractivity contribution in [3.8, 4) is 16.9 Å². The first-order chi connectivity index (χ1) is 8.93. The lowest BCUT2D eigenvalue weighted by molar-refractivity contribution is 0.303. The van der Waals surface area contributed by atoms with Crippen molar-refractivity contribution in [1.82, 2.24) is 9.97 Å². The van der Waals surface area contributed by atoms with Crippen LogP contribution in [0.5, 0.6) is 5.75 Å². The number of aromatic nitrogens is 2. The monoisotopic (exact) mass is 256 g/mol. The van der Waals surface area contributed by atoms with Gasteiger partial charge >= 0.3 is 0 Å². The van der Waals surface area contributed by atoms with E-state index >= 15 is 0 Å². The average molecular weight is 256 g/mol. The fraction of sp³-hybridized carbons (Fsp3) is 0.0714. The number of nitrogens with one attached hydrogen (secondary N) is 1. The van der Waals surface area contributed by atoms with Gasteiger partial charge in [0, 0.05) is 5.56 Å². The Morgan fingerprint density at radius 3 is 2.94 bits per heavy atom. The number of thiophene rings is 1. The normalized spacial score (nSPS) is 10.4. The van der Waals surface area contributed by atoms with Crippen LogP contribution >= 0.6 is 11.3 Å². The molecule has 0 spiro atoms. The van der Waals surface area contributed by atoms with Gasteiger partial charge in [0.05, 0.1) is 18.2 Å². The predicted molar refractivity (Wildman–Crippen MR) is 72.7 cm³/mol. The van der Waals surface area contributed by atoms with Gasteiger partial charge in [-0.05, 0) is 28.5 Å². The molecule has 3 rings (SSSR count). The minimum atomic E-state index is 0.501. The number of H-pyrrole nitrogens is 1. The number of para-hydroxylation sites is 1. The number of hydrogen-bond acceptors (Lipinski definition) is 3. The van der Waals surface area contributed by atoms with Crippen LogP contribution in [0.25, 0.3) is 11.1 Å². The van der Waals surface area contributed by atoms with Crippen molar-refractivity contribution in [2.45, 2.75) is 6.61 Å². The van der Waals surface area contributed by atoms with Crippen LogP contribution in [0.4, 0.5) is 0 Å². The van der Waals surface area contributed by atoms with Crippen LogP contribution in [0, 0.1) is 0 Å². The second kappa shape index (κ2) is 5.06. The Morgan fingerprint density at radius 2 is 2.17 bits per heavy atom. The molecule has 0 aliphatic carbocycles. The third kappa shape index (κ3) is 2.28. The number of imidazole rings is 1. The zero-order valence-electron chi connectivity index (χ0n) is 9.67. The molecule has 0 saturated heterocycles. The maximum Gasteiger partial charge on any atom is 0.130 e. The highest BCUT2D eigenvalue weighted by Gasteiger charge is 2.06. The topological polar surface area (TPSA) is 37.9 Å². The van der Waals surface area contributed by atoms with E-state index in [9.17, 15) is 0 Å². The van der Waals surface area contributed by atoms with Gasteiger partial charge in [0.2, 0.25) is 0 Å². The Hall–Kier alpha value is -2.07. The highest BCUT2D eigenvalue weighted by atomic mass is 32.1. The van der Waals surface area contributed by atoms with Crippen LogP contribution in [-0.2, 0) is 6.61 Å². The third-order valence-electron chi connectivity index (χ3n) is 2.66. The summed E-state index contributed by atoms with van der Waals surface area (Å²) in [4.78, 5) is 7.00. The summed E-state index contributed by atoms with van der Waals surface area (Å²) >= 11 is 1.69. The smallest absolute Gasteiger partial charge is 0.130 e. The first-order valence-corrected chi connectivity index (χ1v) is 6.59. The number of aromatic amines is 1. The Labute approximate surface area is 109 Å². The molecule has 0 fully saturated rings. The molecular formula is C14H12N2OS. The first kappa shape index (κ1) is 11.0. The standard InChI is InChI=1S/C14H12N2OS/c1-2-4-14(17-8-12-7-15-10-16-12)13(3-1)11-5-6-18-9-11/h1-7,9-10H,8H2,(H,15,16). The lowest BCUT2D eigenvalue weighted by Gasteiger charge is -2.09. The van der Waals surface area contributed by atoms with E-state index in [2.05, 4.69) is 32.9 Å². The molecule has 0 aliphatic heterocycles. The van der Waals surface area contributed by atoms with Crippen molar-refractivity contribution in [3.63, 3.8) is 0 Å². The van der Waals surface area contributed by atoms with Crippen LogP contribution in [0.15, 0.2) is 53.6 Å². The second-order valence-corrected chi connectivity index (χ2v) is 4.65. The minimum Gasteiger partial charge on any atom is -0.487 e. The molecule has 18 heavy (non-hydrogen) atoms. The molecule has 4 heteroatoms. The van der Waals surface area contributed by atoms with E-state index in [0.29, 0.717) is 6.61 Å². The van der Waals surface area contributed by atoms with Crippen LogP contribution in [0.1, 0.15) is 5.69 Å². The molecule has 2 heterocycles. The van der Waals surface area contributed by atoms with Gasteiger partial charge < -0.3 is 9.72 Å². The SMILES string of the molecule is c1ccc(-c2ccsc2)c(OCc2cnc[nH]2)c1. The zero-order chi connectivity index (χ0) is 12.2. The Bertz CT molecular complexity index is 603. The van der Waals surface area contributed by atoms with Crippen molar-refractivity contribution in [1.29, 1.82) is 0 Å². The maximum absolute atomic E-state index is 5.84. The molecular weight excluding hydrogens is 244 g/mol. The largest absolute Gasteiger partial charge is 0.487 e. The van der Waals surface area contributed by atoms with E-state index in [1.807, 2.05) is 18.2 Å². The molecule has 0 atom stereocenters. The van der Waals surface area contributed by atoms with E-state index < -0.39 is 0 Å². The lowest BCUT2D eigenvalue weighted by atomic mass is 10.1. The van der Waals surface area contributed by atoms with E-state index in [4.69, 9.17) is 4.74 Å². The van der Waals surface area contributed by atoms with Gasteiger partial charge in [0.15, 0.2) is 0 Å². The van der Waals surface area contributed by atoms with Crippen molar-refractivity contribution in [2.24, 2.45) is 0 Å². The molecule has 1 aromatic carbocycles. The molecule has 0 aliphatic rings. The Morgan fingerprint density at radius 1 is 1.22 bits per heavy atom. The molecule has 90 valence electrons. The summed E-state index contributed by atoms with van der Waals surface area (Å²) < 4.78 is 5.84. The summed E-state index contributed by atoms with van der Waals surface area (Å²) in [6, 6.07) is 10.2. The average Bonchev–Trinajstić information content (AvgIpc) is 3.10. The predicted octanol–water partition coefficient (Wildman–Crippen LogP) is 3.72. The van der Waals surface area contributed by atoms with Gasteiger partial charge in [-0.3, -0.25) is 0 Å². The number of nitrogens with zero attached hydrogens (tertiary/aromatic N) is 1. The summed E-state index contributed by atoms with van der Waals surface area (Å²) in [7, 11) is 0. The number of ether oxygens (including phenoxy) is 1. The van der Waals surface area contributed by atoms with Crippen molar-refractivity contribution >= 4 is 11.3 Å². The van der Waals surface area contributed by atoms with Gasteiger partial charge in [0.1, 0.15) is 12.4 Å². The Balaban J connectivity index is 1.84. The lowest BCUT2D eigenvalue weighted by Crippen LogP contribution is -1.96. The number of benzene rings is 1. The zero-order valence-corrected chi connectivity index (χ0v) is 10.5. The molecule has 3 nitrogen and oxygen atoms in total. The fourth-order valence-corrected chi connectivity index (χ4v) is 2.42. The third-order valence-corrected chi connectivity index (χ3v) is 3.34. The van der Waals surface area contributed by atoms with E-state index in [0.717, 1.165) is 17.0 Å². The van der Waals surface area contributed by atoms with Crippen molar-refractivity contribution in [2.75, 3.05) is 0 Å². The molecule has 0 unspecified atom stereocenters. The minimum absolute atomic E-state index is 0.501. The van der Waals surface area contributed by atoms with Crippen LogP contribution in [-0.4, -0.2) is 9.97 Å². The highest BCUT2D eigenvalue weighted by Crippen LogP contribution is 2.31. The van der Waals surface area contributed by atoms with Crippen LogP contribution in [0.2, 0.25) is 0 Å². The summed E-state index contributed by atoms with van der Waals surface area (Å²) in [5, 5.41) is 4.19. The molecule has 0 amide bonds. The molecule has 0 radical (unpaired) electrons. The molecule has 3 aromatic rings. The van der Waals surface area contributed by atoms with Gasteiger partial charge in [-0.25, -0.2) is 4.98 Å². The fourth-order valence-electron chi connectivity index (χ4n) is 1.77. The first-order valence-electron chi connectivity index (χ1n) is 5.65. The van der Waals surface area contributed by atoms with E-state index in [1.54, 1.807) is 23.9 Å². The van der Waals surface area contributed by atoms with E-state index in [1.165, 1.54) is 5.56 Å². The summed E-state index contributed by atoms with van der Waals surface area (Å²) in [5.41, 5.74) is 3.29. The molecule has 0 saturated carbocycles. The Kier molecular flexibility index (Phi) is 3.10. The molecule has 0 bridgehead atoms. The van der Waals surface area contributed by atoms with E-state index in [-0.39, 0.29) is 0 Å². The second-order valence-electron chi connectivity index (χ2n) is 3.87. The van der Waals surface area contributed by atoms with Crippen LogP contribution < -0.4 is 4.74 Å². The van der Waals surface area contributed by atoms with Crippen molar-refractivity contribution in [3.05, 3.63) is 59.3 Å². The maximum atomic E-state index is 5.84. The van der Waals surface area contributed by atoms with Crippen LogP contribution in [0.3, 0.4) is 0 Å². The molecule has 1 N–H and O–H groups in total. The van der Waals surface area contributed by atoms with Gasteiger partial charge in [-0.1, -0.05) is 18.2 Å². The van der Waals surface area contributed by atoms with Gasteiger partial charge in [-0.15, -0.1) is 0 Å². The molecule has 2 aromatic heterocycles. The van der Waals surface area contributed by atoms with Gasteiger partial charge in [0.25, 0.3) is 0 Å². The quantitative estimate of drug-likeness (QED) is 0.772. The summed E-state index contributed by atoms with van der Waals surface area (Å²) in [5.74, 6) is 0.894. The highest BCUT2D eigenvalue weighted by molar-refractivity contribution is 7.08. The number of hydrogen-bond donors (Lipinski definition) is 1.